The number of para-hydroxylation sites is 1. The van der Waals surface area contributed by atoms with Gasteiger partial charge in [-0.05, 0) is 47.5 Å². The molecular weight excluding hydrogens is 472 g/mol. The van der Waals surface area contributed by atoms with Crippen LogP contribution in [0, 0.1) is 0 Å². The van der Waals surface area contributed by atoms with Crippen molar-refractivity contribution in [3.05, 3.63) is 95.0 Å². The van der Waals surface area contributed by atoms with E-state index in [0.29, 0.717) is 28.2 Å². The first-order chi connectivity index (χ1) is 16.5. The molecule has 1 aliphatic rings. The van der Waals surface area contributed by atoms with Gasteiger partial charge in [-0.25, -0.2) is 0 Å². The van der Waals surface area contributed by atoms with Crippen molar-refractivity contribution in [2.45, 2.75) is 18.3 Å². The molecule has 1 atom stereocenters. The van der Waals surface area contributed by atoms with Crippen molar-refractivity contribution in [2.24, 2.45) is 10.2 Å². The van der Waals surface area contributed by atoms with Crippen LogP contribution in [0.25, 0.3) is 0 Å². The lowest BCUT2D eigenvalue weighted by atomic mass is 10.2. The summed E-state index contributed by atoms with van der Waals surface area (Å²) in [6, 6.07) is 24.0. The standard InChI is InChI=1S/C25H21ClN4O3S/c26-19-11-9-17(10-12-19)16-33-21-8-4-5-18(13-21)15-27-30-25-29-24(32)22(34-25)14-23(31)28-20-6-2-1-3-7-20/h1-13,15,22H,14,16H2,(H,28,31)(H,29,30,32). The largest absolute Gasteiger partial charge is 0.489 e. The topological polar surface area (TPSA) is 92.2 Å². The normalized spacial score (nSPS) is 16.6. The van der Waals surface area contributed by atoms with E-state index in [0.717, 1.165) is 11.1 Å². The summed E-state index contributed by atoms with van der Waals surface area (Å²) >= 11 is 7.09. The van der Waals surface area contributed by atoms with Crippen LogP contribution in [0.15, 0.2) is 89.1 Å². The maximum Gasteiger partial charge on any atom is 0.240 e. The van der Waals surface area contributed by atoms with Gasteiger partial charge >= 0.3 is 0 Å². The summed E-state index contributed by atoms with van der Waals surface area (Å²) < 4.78 is 5.82. The average molecular weight is 493 g/mol. The SMILES string of the molecule is O=C(CC1S/C(=N/N=Cc2cccc(OCc3ccc(Cl)cc3)c2)NC1=O)Nc1ccccc1. The second kappa shape index (κ2) is 11.5. The number of amides is 2. The minimum Gasteiger partial charge on any atom is -0.489 e. The highest BCUT2D eigenvalue weighted by atomic mass is 35.5. The molecule has 2 amide bonds. The third kappa shape index (κ3) is 6.94. The maximum absolute atomic E-state index is 12.2. The monoisotopic (exact) mass is 492 g/mol. The Morgan fingerprint density at radius 1 is 1.09 bits per heavy atom. The van der Waals surface area contributed by atoms with Crippen LogP contribution in [0.2, 0.25) is 5.02 Å². The number of halogens is 1. The highest BCUT2D eigenvalue weighted by Crippen LogP contribution is 2.23. The molecule has 0 spiro atoms. The van der Waals surface area contributed by atoms with Gasteiger partial charge in [0.15, 0.2) is 5.17 Å². The lowest BCUT2D eigenvalue weighted by molar-refractivity contribution is -0.122. The summed E-state index contributed by atoms with van der Waals surface area (Å²) in [6.45, 7) is 0.419. The van der Waals surface area contributed by atoms with Gasteiger partial charge in [0.25, 0.3) is 0 Å². The number of carbonyl (C=O) groups is 2. The van der Waals surface area contributed by atoms with Gasteiger partial charge in [0.05, 0.1) is 6.21 Å². The number of carbonyl (C=O) groups excluding carboxylic acids is 2. The van der Waals surface area contributed by atoms with Crippen molar-refractivity contribution in [2.75, 3.05) is 5.32 Å². The van der Waals surface area contributed by atoms with Crippen molar-refractivity contribution in [3.63, 3.8) is 0 Å². The van der Waals surface area contributed by atoms with Crippen LogP contribution in [0.1, 0.15) is 17.5 Å². The molecule has 1 aliphatic heterocycles. The van der Waals surface area contributed by atoms with Crippen molar-refractivity contribution < 1.29 is 14.3 Å². The fraction of sp³-hybridized carbons (Fsp3) is 0.120. The fourth-order valence-electron chi connectivity index (χ4n) is 3.07. The Morgan fingerprint density at radius 3 is 2.68 bits per heavy atom. The molecule has 34 heavy (non-hydrogen) atoms. The maximum atomic E-state index is 12.2. The van der Waals surface area contributed by atoms with Gasteiger partial charge in [0.1, 0.15) is 17.6 Å². The molecule has 0 saturated carbocycles. The highest BCUT2D eigenvalue weighted by Gasteiger charge is 2.32. The summed E-state index contributed by atoms with van der Waals surface area (Å²) in [5.74, 6) is 0.193. The van der Waals surface area contributed by atoms with Crippen LogP contribution in [-0.2, 0) is 16.2 Å². The minimum absolute atomic E-state index is 0.0428. The summed E-state index contributed by atoms with van der Waals surface area (Å²) in [5.41, 5.74) is 2.50. The molecule has 0 bridgehead atoms. The Balaban J connectivity index is 1.29. The Kier molecular flexibility index (Phi) is 7.95. The second-order valence-electron chi connectivity index (χ2n) is 7.35. The zero-order valence-electron chi connectivity index (χ0n) is 18.0. The number of nitrogens with one attached hydrogen (secondary N) is 2. The van der Waals surface area contributed by atoms with Crippen LogP contribution >= 0.6 is 23.4 Å². The van der Waals surface area contributed by atoms with E-state index in [1.807, 2.05) is 66.7 Å². The van der Waals surface area contributed by atoms with E-state index >= 15 is 0 Å². The van der Waals surface area contributed by atoms with Crippen LogP contribution in [-0.4, -0.2) is 28.4 Å². The summed E-state index contributed by atoms with van der Waals surface area (Å²) in [6.07, 6.45) is 1.62. The number of rotatable bonds is 8. The molecule has 0 radical (unpaired) electrons. The zero-order chi connectivity index (χ0) is 23.8. The van der Waals surface area contributed by atoms with E-state index in [-0.39, 0.29) is 18.2 Å². The fourth-order valence-corrected chi connectivity index (χ4v) is 4.12. The number of anilines is 1. The summed E-state index contributed by atoms with van der Waals surface area (Å²) in [7, 11) is 0. The van der Waals surface area contributed by atoms with Crippen molar-refractivity contribution >= 4 is 52.2 Å². The summed E-state index contributed by atoms with van der Waals surface area (Å²) in [5, 5.41) is 14.1. The number of benzene rings is 3. The molecule has 9 heteroatoms. The highest BCUT2D eigenvalue weighted by molar-refractivity contribution is 8.15. The zero-order valence-corrected chi connectivity index (χ0v) is 19.6. The smallest absolute Gasteiger partial charge is 0.240 e. The molecule has 0 aliphatic carbocycles. The quantitative estimate of drug-likeness (QED) is 0.346. The molecule has 3 aromatic carbocycles. The number of nitrogens with zero attached hydrogens (tertiary/aromatic N) is 2. The van der Waals surface area contributed by atoms with Crippen molar-refractivity contribution in [1.82, 2.24) is 5.32 Å². The Hall–Kier alpha value is -3.62. The average Bonchev–Trinajstić information content (AvgIpc) is 3.18. The predicted molar refractivity (Wildman–Crippen MR) is 136 cm³/mol. The van der Waals surface area contributed by atoms with E-state index in [2.05, 4.69) is 20.8 Å². The van der Waals surface area contributed by atoms with E-state index in [4.69, 9.17) is 16.3 Å². The van der Waals surface area contributed by atoms with Crippen molar-refractivity contribution in [1.29, 1.82) is 0 Å². The molecular formula is C25H21ClN4O3S. The Bertz CT molecular complexity index is 1220. The molecule has 7 nitrogen and oxygen atoms in total. The first-order valence-corrected chi connectivity index (χ1v) is 11.7. The molecule has 0 aromatic heterocycles. The van der Waals surface area contributed by atoms with Gasteiger partial charge in [-0.2, -0.15) is 5.10 Å². The Morgan fingerprint density at radius 2 is 1.88 bits per heavy atom. The van der Waals surface area contributed by atoms with Gasteiger partial charge in [0.2, 0.25) is 11.8 Å². The third-order valence-corrected chi connectivity index (χ3v) is 6.06. The van der Waals surface area contributed by atoms with E-state index < -0.39 is 5.25 Å². The number of hydrogen-bond acceptors (Lipinski definition) is 6. The molecule has 1 heterocycles. The van der Waals surface area contributed by atoms with Crippen LogP contribution < -0.4 is 15.4 Å². The second-order valence-corrected chi connectivity index (χ2v) is 8.98. The van der Waals surface area contributed by atoms with Gasteiger partial charge in [0, 0.05) is 17.1 Å². The van der Waals surface area contributed by atoms with Gasteiger partial charge in [-0.1, -0.05) is 65.8 Å². The van der Waals surface area contributed by atoms with E-state index in [9.17, 15) is 9.59 Å². The molecule has 1 unspecified atom stereocenters. The number of thioether (sulfide) groups is 1. The molecule has 2 N–H and O–H groups in total. The van der Waals surface area contributed by atoms with Crippen LogP contribution in [0.3, 0.4) is 0 Å². The first-order valence-electron chi connectivity index (χ1n) is 10.5. The first kappa shape index (κ1) is 23.5. The van der Waals surface area contributed by atoms with Crippen LogP contribution in [0.4, 0.5) is 5.69 Å². The van der Waals surface area contributed by atoms with Gasteiger partial charge in [-0.15, -0.1) is 5.10 Å². The Labute approximate surface area is 206 Å². The molecule has 3 aromatic rings. The van der Waals surface area contributed by atoms with E-state index in [1.165, 1.54) is 11.8 Å². The minimum atomic E-state index is -0.553. The summed E-state index contributed by atoms with van der Waals surface area (Å²) in [4.78, 5) is 24.4. The van der Waals surface area contributed by atoms with Crippen LogP contribution in [0.5, 0.6) is 5.75 Å². The number of ether oxygens (including phenoxy) is 1. The third-order valence-electron chi connectivity index (χ3n) is 4.74. The number of hydrogen-bond donors (Lipinski definition) is 2. The molecule has 1 fully saturated rings. The van der Waals surface area contributed by atoms with E-state index in [1.54, 1.807) is 18.3 Å². The lowest BCUT2D eigenvalue weighted by Crippen LogP contribution is -2.28. The molecule has 4 rings (SSSR count). The molecule has 1 saturated heterocycles. The van der Waals surface area contributed by atoms with Crippen molar-refractivity contribution in [3.8, 4) is 5.75 Å². The number of amidine groups is 1. The molecule has 172 valence electrons. The predicted octanol–water partition coefficient (Wildman–Crippen LogP) is 4.87. The van der Waals surface area contributed by atoms with Gasteiger partial charge in [-0.3, -0.25) is 9.59 Å². The van der Waals surface area contributed by atoms with Gasteiger partial charge < -0.3 is 15.4 Å². The lowest BCUT2D eigenvalue weighted by Gasteiger charge is -2.07.